The van der Waals surface area contributed by atoms with Crippen molar-refractivity contribution in [1.29, 1.82) is 0 Å². The SMILES string of the molecule is CCCCc1ccc(Oc2cnc(C(=O)O)cn2)cc1. The van der Waals surface area contributed by atoms with E-state index < -0.39 is 5.97 Å². The second kappa shape index (κ2) is 6.65. The molecule has 5 heteroatoms. The van der Waals surface area contributed by atoms with Crippen molar-refractivity contribution in [3.8, 4) is 11.6 Å². The maximum absolute atomic E-state index is 10.7. The highest BCUT2D eigenvalue weighted by Crippen LogP contribution is 2.19. The van der Waals surface area contributed by atoms with Crippen molar-refractivity contribution < 1.29 is 14.6 Å². The number of benzene rings is 1. The van der Waals surface area contributed by atoms with E-state index in [0.717, 1.165) is 6.42 Å². The Morgan fingerprint density at radius 2 is 1.95 bits per heavy atom. The standard InChI is InChI=1S/C15H16N2O3/c1-2-3-4-11-5-7-12(8-6-11)20-14-10-16-13(9-17-14)15(18)19/h5-10H,2-4H2,1H3,(H,18,19). The Kier molecular flexibility index (Phi) is 4.65. The van der Waals surface area contributed by atoms with Crippen LogP contribution in [0.4, 0.5) is 0 Å². The first kappa shape index (κ1) is 14.0. The van der Waals surface area contributed by atoms with Gasteiger partial charge in [-0.25, -0.2) is 14.8 Å². The average Bonchev–Trinajstić information content (AvgIpc) is 2.47. The molecule has 5 nitrogen and oxygen atoms in total. The fraction of sp³-hybridized carbons (Fsp3) is 0.267. The van der Waals surface area contributed by atoms with Crippen molar-refractivity contribution in [2.24, 2.45) is 0 Å². The maximum atomic E-state index is 10.7. The lowest BCUT2D eigenvalue weighted by molar-refractivity contribution is 0.0690. The van der Waals surface area contributed by atoms with Crippen LogP contribution in [0.2, 0.25) is 0 Å². The molecule has 0 saturated heterocycles. The van der Waals surface area contributed by atoms with E-state index >= 15 is 0 Å². The second-order valence-corrected chi connectivity index (χ2v) is 4.39. The third-order valence-electron chi connectivity index (χ3n) is 2.81. The smallest absolute Gasteiger partial charge is 0.356 e. The summed E-state index contributed by atoms with van der Waals surface area (Å²) in [5.41, 5.74) is 1.17. The number of nitrogens with zero attached hydrogens (tertiary/aromatic N) is 2. The van der Waals surface area contributed by atoms with E-state index in [9.17, 15) is 4.79 Å². The van der Waals surface area contributed by atoms with E-state index in [2.05, 4.69) is 16.9 Å². The molecule has 0 aliphatic carbocycles. The molecule has 1 N–H and O–H groups in total. The summed E-state index contributed by atoms with van der Waals surface area (Å²) in [6, 6.07) is 7.78. The Morgan fingerprint density at radius 1 is 1.20 bits per heavy atom. The van der Waals surface area contributed by atoms with Gasteiger partial charge in [0.25, 0.3) is 0 Å². The van der Waals surface area contributed by atoms with Crippen LogP contribution in [0.1, 0.15) is 35.8 Å². The lowest BCUT2D eigenvalue weighted by Crippen LogP contribution is -2.01. The third-order valence-corrected chi connectivity index (χ3v) is 2.81. The topological polar surface area (TPSA) is 72.3 Å². The first-order chi connectivity index (χ1) is 9.69. The maximum Gasteiger partial charge on any atom is 0.356 e. The molecule has 0 atom stereocenters. The lowest BCUT2D eigenvalue weighted by Gasteiger charge is -2.05. The summed E-state index contributed by atoms with van der Waals surface area (Å²) in [4.78, 5) is 18.3. The van der Waals surface area contributed by atoms with E-state index in [4.69, 9.17) is 9.84 Å². The molecule has 2 rings (SSSR count). The van der Waals surface area contributed by atoms with Gasteiger partial charge in [0.1, 0.15) is 5.75 Å². The van der Waals surface area contributed by atoms with Gasteiger partial charge in [-0.15, -0.1) is 0 Å². The minimum absolute atomic E-state index is 0.104. The fourth-order valence-electron chi connectivity index (χ4n) is 1.71. The minimum Gasteiger partial charge on any atom is -0.476 e. The summed E-state index contributed by atoms with van der Waals surface area (Å²) in [6.45, 7) is 2.16. The van der Waals surface area contributed by atoms with E-state index in [1.807, 2.05) is 24.3 Å². The van der Waals surface area contributed by atoms with Crippen LogP contribution in [0.3, 0.4) is 0 Å². The minimum atomic E-state index is -1.11. The number of hydrogen-bond donors (Lipinski definition) is 1. The highest BCUT2D eigenvalue weighted by atomic mass is 16.5. The quantitative estimate of drug-likeness (QED) is 0.873. The number of ether oxygens (including phenoxy) is 1. The Morgan fingerprint density at radius 3 is 2.50 bits per heavy atom. The van der Waals surface area contributed by atoms with Gasteiger partial charge in [-0.05, 0) is 30.5 Å². The van der Waals surface area contributed by atoms with Gasteiger partial charge < -0.3 is 9.84 Å². The molecule has 2 aromatic rings. The molecule has 0 fully saturated rings. The molecule has 1 aromatic heterocycles. The number of carboxylic acids is 1. The monoisotopic (exact) mass is 272 g/mol. The van der Waals surface area contributed by atoms with Gasteiger partial charge in [0.05, 0.1) is 12.4 Å². The van der Waals surface area contributed by atoms with Crippen molar-refractivity contribution in [3.63, 3.8) is 0 Å². The molecule has 0 radical (unpaired) electrons. The van der Waals surface area contributed by atoms with Crippen LogP contribution in [0, 0.1) is 0 Å². The van der Waals surface area contributed by atoms with Gasteiger partial charge in [0.15, 0.2) is 5.69 Å². The molecule has 0 unspecified atom stereocenters. The fourth-order valence-corrected chi connectivity index (χ4v) is 1.71. The summed E-state index contributed by atoms with van der Waals surface area (Å²) in [6.07, 6.45) is 5.87. The van der Waals surface area contributed by atoms with Gasteiger partial charge >= 0.3 is 5.97 Å². The van der Waals surface area contributed by atoms with Crippen molar-refractivity contribution >= 4 is 5.97 Å². The molecule has 0 bridgehead atoms. The molecule has 0 aliphatic heterocycles. The van der Waals surface area contributed by atoms with Gasteiger partial charge in [0, 0.05) is 0 Å². The summed E-state index contributed by atoms with van der Waals surface area (Å²) in [7, 11) is 0. The highest BCUT2D eigenvalue weighted by molar-refractivity contribution is 5.84. The molecule has 104 valence electrons. The van der Waals surface area contributed by atoms with Crippen molar-refractivity contribution in [2.45, 2.75) is 26.2 Å². The molecule has 0 spiro atoms. The van der Waals surface area contributed by atoms with Crippen LogP contribution in [0.15, 0.2) is 36.7 Å². The number of hydrogen-bond acceptors (Lipinski definition) is 4. The molecule has 1 heterocycles. The lowest BCUT2D eigenvalue weighted by atomic mass is 10.1. The van der Waals surface area contributed by atoms with Crippen LogP contribution in [-0.2, 0) is 6.42 Å². The van der Waals surface area contributed by atoms with E-state index in [0.29, 0.717) is 5.75 Å². The summed E-state index contributed by atoms with van der Waals surface area (Å²) < 4.78 is 5.51. The number of aromatic nitrogens is 2. The molecule has 1 aromatic carbocycles. The Bertz CT molecular complexity index is 565. The number of carboxylic acid groups (broad SMARTS) is 1. The van der Waals surface area contributed by atoms with Crippen LogP contribution >= 0.6 is 0 Å². The first-order valence-electron chi connectivity index (χ1n) is 6.51. The third kappa shape index (κ3) is 3.78. The number of aryl methyl sites for hydroxylation is 1. The zero-order chi connectivity index (χ0) is 14.4. The second-order valence-electron chi connectivity index (χ2n) is 4.39. The number of carbonyl (C=O) groups is 1. The first-order valence-corrected chi connectivity index (χ1v) is 6.51. The van der Waals surface area contributed by atoms with Crippen LogP contribution in [-0.4, -0.2) is 21.0 Å². The predicted octanol–water partition coefficient (Wildman–Crippen LogP) is 3.31. The van der Waals surface area contributed by atoms with E-state index in [-0.39, 0.29) is 11.6 Å². The van der Waals surface area contributed by atoms with Gasteiger partial charge in [-0.3, -0.25) is 0 Å². The Labute approximate surface area is 117 Å². The Hall–Kier alpha value is -2.43. The molecule has 0 aliphatic rings. The molecule has 0 saturated carbocycles. The zero-order valence-corrected chi connectivity index (χ0v) is 11.2. The average molecular weight is 272 g/mol. The van der Waals surface area contributed by atoms with Gasteiger partial charge in [0.2, 0.25) is 5.88 Å². The molecular weight excluding hydrogens is 256 g/mol. The van der Waals surface area contributed by atoms with Crippen LogP contribution < -0.4 is 4.74 Å². The highest BCUT2D eigenvalue weighted by Gasteiger charge is 2.06. The van der Waals surface area contributed by atoms with E-state index in [1.54, 1.807) is 0 Å². The van der Waals surface area contributed by atoms with Crippen molar-refractivity contribution in [3.05, 3.63) is 47.9 Å². The number of unbranched alkanes of at least 4 members (excludes halogenated alkanes) is 1. The summed E-state index contributed by atoms with van der Waals surface area (Å²) in [5.74, 6) is -0.178. The zero-order valence-electron chi connectivity index (χ0n) is 11.2. The molecular formula is C15H16N2O3. The van der Waals surface area contributed by atoms with Crippen molar-refractivity contribution in [2.75, 3.05) is 0 Å². The molecule has 20 heavy (non-hydrogen) atoms. The largest absolute Gasteiger partial charge is 0.476 e. The predicted molar refractivity (Wildman–Crippen MR) is 74.1 cm³/mol. The van der Waals surface area contributed by atoms with Crippen LogP contribution in [0.5, 0.6) is 11.6 Å². The van der Waals surface area contributed by atoms with Crippen molar-refractivity contribution in [1.82, 2.24) is 9.97 Å². The summed E-state index contributed by atoms with van der Waals surface area (Å²) >= 11 is 0. The Balaban J connectivity index is 2.00. The van der Waals surface area contributed by atoms with Crippen LogP contribution in [0.25, 0.3) is 0 Å². The van der Waals surface area contributed by atoms with Gasteiger partial charge in [-0.2, -0.15) is 0 Å². The summed E-state index contributed by atoms with van der Waals surface area (Å²) in [5, 5.41) is 8.72. The normalized spacial score (nSPS) is 10.2. The number of rotatable bonds is 6. The molecule has 0 amide bonds. The van der Waals surface area contributed by atoms with E-state index in [1.165, 1.54) is 30.8 Å². The number of aromatic carboxylic acids is 1. The van der Waals surface area contributed by atoms with Gasteiger partial charge in [-0.1, -0.05) is 25.5 Å².